The molecule has 0 amide bonds. The largest absolute Gasteiger partial charge is 0.0936 e. The first-order chi connectivity index (χ1) is 5.79. The molecule has 1 heterocycles. The summed E-state index contributed by atoms with van der Waals surface area (Å²) in [6.45, 7) is 4.78. The van der Waals surface area contributed by atoms with Gasteiger partial charge in [-0.1, -0.05) is 41.9 Å². The molecule has 2 rings (SSSR count). The van der Waals surface area contributed by atoms with E-state index in [1.807, 2.05) is 0 Å². The zero-order chi connectivity index (χ0) is 8.55. The maximum Gasteiger partial charge on any atom is 0.0205 e. The van der Waals surface area contributed by atoms with Crippen molar-refractivity contribution in [3.8, 4) is 0 Å². The third kappa shape index (κ3) is 1.65. The van der Waals surface area contributed by atoms with E-state index in [9.17, 15) is 0 Å². The third-order valence-electron chi connectivity index (χ3n) is 3.26. The van der Waals surface area contributed by atoms with Crippen LogP contribution in [0.2, 0.25) is 0 Å². The number of rotatable bonds is 1. The molecular weight excluding hydrogens is 184 g/mol. The Morgan fingerprint density at radius 1 is 1.25 bits per heavy atom. The molecule has 0 spiro atoms. The molecule has 3 atom stereocenters. The Bertz CT molecular complexity index is 156. The van der Waals surface area contributed by atoms with Crippen LogP contribution < -0.4 is 0 Å². The number of hydrogen-bond donors (Lipinski definition) is 0. The van der Waals surface area contributed by atoms with Gasteiger partial charge in [-0.3, -0.25) is 0 Å². The van der Waals surface area contributed by atoms with Crippen LogP contribution in [0.25, 0.3) is 0 Å². The van der Waals surface area contributed by atoms with E-state index in [0.29, 0.717) is 0 Å². The molecule has 1 saturated carbocycles. The van der Waals surface area contributed by atoms with Gasteiger partial charge in [-0.2, -0.15) is 0 Å². The van der Waals surface area contributed by atoms with Gasteiger partial charge in [-0.25, -0.2) is 0 Å². The molecule has 2 heteroatoms. The van der Waals surface area contributed by atoms with Gasteiger partial charge in [0.2, 0.25) is 0 Å². The summed E-state index contributed by atoms with van der Waals surface area (Å²) in [5.41, 5.74) is 0. The van der Waals surface area contributed by atoms with Crippen molar-refractivity contribution in [1.82, 2.24) is 0 Å². The molecule has 0 nitrogen and oxygen atoms in total. The molecule has 0 bridgehead atoms. The Morgan fingerprint density at radius 3 is 2.83 bits per heavy atom. The minimum Gasteiger partial charge on any atom is -0.0936 e. The van der Waals surface area contributed by atoms with Crippen molar-refractivity contribution in [2.75, 3.05) is 5.75 Å². The van der Waals surface area contributed by atoms with Crippen molar-refractivity contribution >= 4 is 21.6 Å². The number of fused-ring (bicyclic) bond motifs is 1. The van der Waals surface area contributed by atoms with Crippen molar-refractivity contribution in [3.05, 3.63) is 0 Å². The summed E-state index contributed by atoms with van der Waals surface area (Å²) in [4.78, 5) is 0. The minimum atomic E-state index is 0.883. The van der Waals surface area contributed by atoms with Gasteiger partial charge < -0.3 is 0 Å². The van der Waals surface area contributed by atoms with Gasteiger partial charge in [0, 0.05) is 11.0 Å². The van der Waals surface area contributed by atoms with E-state index >= 15 is 0 Å². The van der Waals surface area contributed by atoms with Crippen LogP contribution in [-0.4, -0.2) is 11.0 Å². The van der Waals surface area contributed by atoms with Crippen molar-refractivity contribution in [2.45, 2.75) is 38.4 Å². The summed E-state index contributed by atoms with van der Waals surface area (Å²) < 4.78 is 0. The molecule has 0 aromatic rings. The molecule has 1 aliphatic heterocycles. The van der Waals surface area contributed by atoms with Crippen LogP contribution in [0.15, 0.2) is 0 Å². The summed E-state index contributed by atoms with van der Waals surface area (Å²) >= 11 is 0. The first-order valence-corrected chi connectivity index (χ1v) is 7.45. The van der Waals surface area contributed by atoms with Gasteiger partial charge in [0.25, 0.3) is 0 Å². The summed E-state index contributed by atoms with van der Waals surface area (Å²) in [5.74, 6) is 4.45. The first-order valence-electron chi connectivity index (χ1n) is 5.07. The van der Waals surface area contributed by atoms with E-state index < -0.39 is 0 Å². The predicted molar refractivity (Wildman–Crippen MR) is 59.5 cm³/mol. The average molecular weight is 202 g/mol. The quantitative estimate of drug-likeness (QED) is 0.593. The van der Waals surface area contributed by atoms with E-state index in [4.69, 9.17) is 0 Å². The highest BCUT2D eigenvalue weighted by Gasteiger charge is 2.38. The second-order valence-corrected chi connectivity index (χ2v) is 7.03. The van der Waals surface area contributed by atoms with Gasteiger partial charge in [-0.15, -0.1) is 0 Å². The zero-order valence-corrected chi connectivity index (χ0v) is 9.59. The molecule has 70 valence electrons. The van der Waals surface area contributed by atoms with Crippen LogP contribution in [0.4, 0.5) is 0 Å². The Morgan fingerprint density at radius 2 is 2.08 bits per heavy atom. The predicted octanol–water partition coefficient (Wildman–Crippen LogP) is 3.82. The van der Waals surface area contributed by atoms with Crippen molar-refractivity contribution in [2.24, 2.45) is 17.8 Å². The summed E-state index contributed by atoms with van der Waals surface area (Å²) in [6, 6.07) is 0. The van der Waals surface area contributed by atoms with Gasteiger partial charge in [0.15, 0.2) is 0 Å². The fraction of sp³-hybridized carbons (Fsp3) is 1.00. The van der Waals surface area contributed by atoms with Crippen LogP contribution in [0, 0.1) is 17.8 Å². The van der Waals surface area contributed by atoms with Gasteiger partial charge in [0.1, 0.15) is 0 Å². The maximum atomic E-state index is 2.39. The monoisotopic (exact) mass is 202 g/mol. The fourth-order valence-electron chi connectivity index (χ4n) is 2.59. The standard InChI is InChI=1S/C10H18S2/c1-7(2)10-9-5-3-4-8(9)6-11-12-10/h7-10H,3-6H2,1-2H3. The maximum absolute atomic E-state index is 2.39. The molecule has 0 radical (unpaired) electrons. The highest BCUT2D eigenvalue weighted by molar-refractivity contribution is 8.77. The molecule has 2 fully saturated rings. The molecule has 0 aromatic carbocycles. The lowest BCUT2D eigenvalue weighted by Crippen LogP contribution is -2.29. The highest BCUT2D eigenvalue weighted by Crippen LogP contribution is 2.51. The molecule has 1 saturated heterocycles. The second-order valence-electron chi connectivity index (χ2n) is 4.44. The van der Waals surface area contributed by atoms with Gasteiger partial charge >= 0.3 is 0 Å². The Balaban J connectivity index is 2.03. The summed E-state index contributed by atoms with van der Waals surface area (Å²) in [5, 5.41) is 0.955. The van der Waals surface area contributed by atoms with E-state index in [2.05, 4.69) is 35.4 Å². The molecule has 3 unspecified atom stereocenters. The lowest BCUT2D eigenvalue weighted by molar-refractivity contribution is 0.359. The fourth-order valence-corrected chi connectivity index (χ4v) is 6.46. The van der Waals surface area contributed by atoms with Crippen LogP contribution in [-0.2, 0) is 0 Å². The topological polar surface area (TPSA) is 0 Å². The lowest BCUT2D eigenvalue weighted by atomic mass is 9.88. The highest BCUT2D eigenvalue weighted by atomic mass is 33.1. The lowest BCUT2D eigenvalue weighted by Gasteiger charge is -2.35. The summed E-state index contributed by atoms with van der Waals surface area (Å²) in [6.07, 6.45) is 4.53. The molecule has 12 heavy (non-hydrogen) atoms. The van der Waals surface area contributed by atoms with Crippen molar-refractivity contribution < 1.29 is 0 Å². The SMILES string of the molecule is CC(C)C1SSCC2CCCC21. The van der Waals surface area contributed by atoms with Crippen LogP contribution in [0.1, 0.15) is 33.1 Å². The van der Waals surface area contributed by atoms with Crippen molar-refractivity contribution in [1.29, 1.82) is 0 Å². The zero-order valence-electron chi connectivity index (χ0n) is 7.95. The average Bonchev–Trinajstić information content (AvgIpc) is 2.49. The van der Waals surface area contributed by atoms with Crippen LogP contribution in [0.3, 0.4) is 0 Å². The summed E-state index contributed by atoms with van der Waals surface area (Å²) in [7, 11) is 4.29. The Kier molecular flexibility index (Phi) is 2.96. The van der Waals surface area contributed by atoms with Crippen LogP contribution >= 0.6 is 21.6 Å². The molecule has 0 N–H and O–H groups in total. The van der Waals surface area contributed by atoms with E-state index in [1.165, 1.54) is 25.0 Å². The van der Waals surface area contributed by atoms with Crippen LogP contribution in [0.5, 0.6) is 0 Å². The van der Waals surface area contributed by atoms with Gasteiger partial charge in [-0.05, 0) is 30.6 Å². The Hall–Kier alpha value is 0.700. The van der Waals surface area contributed by atoms with E-state index in [1.54, 1.807) is 0 Å². The minimum absolute atomic E-state index is 0.883. The first kappa shape index (κ1) is 9.26. The van der Waals surface area contributed by atoms with Gasteiger partial charge in [0.05, 0.1) is 0 Å². The van der Waals surface area contributed by atoms with Crippen molar-refractivity contribution in [3.63, 3.8) is 0 Å². The molecule has 0 aromatic heterocycles. The molecule has 1 aliphatic carbocycles. The van der Waals surface area contributed by atoms with E-state index in [-0.39, 0.29) is 0 Å². The second kappa shape index (κ2) is 3.83. The molecular formula is C10H18S2. The third-order valence-corrected chi connectivity index (χ3v) is 6.56. The number of hydrogen-bond acceptors (Lipinski definition) is 2. The Labute approximate surface area is 83.7 Å². The molecule has 2 aliphatic rings. The van der Waals surface area contributed by atoms with E-state index in [0.717, 1.165) is 23.0 Å². The normalized spacial score (nSPS) is 41.8. The smallest absolute Gasteiger partial charge is 0.0205 e.